The molecular formula is C13H15F3N4O3S. The third-order valence-electron chi connectivity index (χ3n) is 3.90. The maximum Gasteiger partial charge on any atom is 0.344 e. The summed E-state index contributed by atoms with van der Waals surface area (Å²) in [6.07, 6.45) is -2.81. The summed E-state index contributed by atoms with van der Waals surface area (Å²) in [6, 6.07) is -0.354. The first-order chi connectivity index (χ1) is 11.4. The van der Waals surface area contributed by atoms with Crippen molar-refractivity contribution in [2.75, 3.05) is 19.5 Å². The Labute approximate surface area is 137 Å². The lowest BCUT2D eigenvalue weighted by Crippen LogP contribution is -2.33. The number of rotatable bonds is 4. The molecule has 1 aliphatic rings. The highest BCUT2D eigenvalue weighted by molar-refractivity contribution is 7.90. The zero-order valence-electron chi connectivity index (χ0n) is 12.7. The van der Waals surface area contributed by atoms with E-state index in [2.05, 4.69) is 9.97 Å². The summed E-state index contributed by atoms with van der Waals surface area (Å²) in [5, 5.41) is -0.0482. The molecule has 1 aliphatic heterocycles. The van der Waals surface area contributed by atoms with Crippen molar-refractivity contribution in [1.82, 2.24) is 19.1 Å². The molecule has 132 valence electrons. The van der Waals surface area contributed by atoms with Crippen molar-refractivity contribution in [3.05, 3.63) is 16.7 Å². The standard InChI is InChI=1S/C13H15F3N4O3S/c1-24(22)12-17-6-8-11(18-12)19(7-2-4-23-5-3-7)13(21)20(8)10(16)9(14)15/h6-7,9-10H,2-5H2,1H3. The Morgan fingerprint density at radius 2 is 2.04 bits per heavy atom. The van der Waals surface area contributed by atoms with Crippen LogP contribution in [-0.2, 0) is 15.9 Å². The minimum Gasteiger partial charge on any atom is -0.609 e. The first kappa shape index (κ1) is 17.2. The number of fused-ring (bicyclic) bond motifs is 1. The van der Waals surface area contributed by atoms with Gasteiger partial charge in [-0.15, -0.1) is 0 Å². The van der Waals surface area contributed by atoms with E-state index in [0.717, 1.165) is 6.20 Å². The van der Waals surface area contributed by atoms with Crippen LogP contribution >= 0.6 is 0 Å². The average molecular weight is 364 g/mol. The van der Waals surface area contributed by atoms with Crippen molar-refractivity contribution in [3.8, 4) is 0 Å². The predicted octanol–water partition coefficient (Wildman–Crippen LogP) is 1.42. The van der Waals surface area contributed by atoms with E-state index in [-0.39, 0.29) is 22.4 Å². The third-order valence-corrected chi connectivity index (χ3v) is 4.61. The maximum atomic E-state index is 13.9. The lowest BCUT2D eigenvalue weighted by molar-refractivity contribution is 0.00736. The van der Waals surface area contributed by atoms with Gasteiger partial charge >= 0.3 is 10.8 Å². The van der Waals surface area contributed by atoms with Gasteiger partial charge in [0.05, 0.1) is 6.20 Å². The SMILES string of the molecule is C[S+]([O-])c1ncc2c(n1)n(C1CCOCC1)c(=O)n2C(F)C(F)F. The normalized spacial score (nSPS) is 19.1. The molecule has 0 spiro atoms. The minimum atomic E-state index is -3.36. The smallest absolute Gasteiger partial charge is 0.344 e. The highest BCUT2D eigenvalue weighted by atomic mass is 32.2. The van der Waals surface area contributed by atoms with Crippen LogP contribution in [0.5, 0.6) is 0 Å². The van der Waals surface area contributed by atoms with Crippen molar-refractivity contribution >= 4 is 22.3 Å². The fraction of sp³-hybridized carbons (Fsp3) is 0.615. The molecule has 7 nitrogen and oxygen atoms in total. The molecule has 0 N–H and O–H groups in total. The molecule has 3 heterocycles. The van der Waals surface area contributed by atoms with Crippen LogP contribution in [0.3, 0.4) is 0 Å². The molecule has 0 saturated carbocycles. The van der Waals surface area contributed by atoms with Gasteiger partial charge in [-0.3, -0.25) is 9.13 Å². The van der Waals surface area contributed by atoms with Crippen LogP contribution in [0, 0.1) is 0 Å². The van der Waals surface area contributed by atoms with Gasteiger partial charge in [0.25, 0.3) is 6.43 Å². The van der Waals surface area contributed by atoms with Crippen LogP contribution in [0.25, 0.3) is 11.2 Å². The highest BCUT2D eigenvalue weighted by Gasteiger charge is 2.31. The predicted molar refractivity (Wildman–Crippen MR) is 79.4 cm³/mol. The molecule has 2 atom stereocenters. The van der Waals surface area contributed by atoms with Gasteiger partial charge < -0.3 is 9.29 Å². The Kier molecular flexibility index (Phi) is 4.83. The summed E-state index contributed by atoms with van der Waals surface area (Å²) in [5.74, 6) is 0. The Hall–Kier alpha value is -1.59. The largest absolute Gasteiger partial charge is 0.609 e. The van der Waals surface area contributed by atoms with Crippen LogP contribution in [0.2, 0.25) is 0 Å². The summed E-state index contributed by atoms with van der Waals surface area (Å²) in [7, 11) is 0. The summed E-state index contributed by atoms with van der Waals surface area (Å²) in [4.78, 5) is 20.4. The van der Waals surface area contributed by atoms with Crippen molar-refractivity contribution in [3.63, 3.8) is 0 Å². The molecule has 0 amide bonds. The van der Waals surface area contributed by atoms with Crippen LogP contribution in [0.15, 0.2) is 16.1 Å². The lowest BCUT2D eigenvalue weighted by Gasteiger charge is -2.22. The number of alkyl halides is 3. The van der Waals surface area contributed by atoms with Crippen molar-refractivity contribution in [2.45, 2.75) is 36.8 Å². The zero-order chi connectivity index (χ0) is 17.4. The number of aromatic nitrogens is 4. The summed E-state index contributed by atoms with van der Waals surface area (Å²) >= 11 is -1.53. The van der Waals surface area contributed by atoms with Crippen molar-refractivity contribution in [2.24, 2.45) is 0 Å². The van der Waals surface area contributed by atoms with Crippen LogP contribution in [-0.4, -0.2) is 49.5 Å². The van der Waals surface area contributed by atoms with E-state index in [4.69, 9.17) is 4.74 Å². The van der Waals surface area contributed by atoms with E-state index in [1.54, 1.807) is 0 Å². The fourth-order valence-corrected chi connectivity index (χ4v) is 3.19. The second-order valence-electron chi connectivity index (χ2n) is 5.39. The maximum absolute atomic E-state index is 13.9. The Morgan fingerprint density at radius 3 is 2.62 bits per heavy atom. The van der Waals surface area contributed by atoms with Crippen LogP contribution < -0.4 is 5.69 Å². The summed E-state index contributed by atoms with van der Waals surface area (Å²) in [5.41, 5.74) is -1.05. The topological polar surface area (TPSA) is 85.0 Å². The molecule has 0 radical (unpaired) electrons. The Balaban J connectivity index is 2.25. The molecular weight excluding hydrogens is 349 g/mol. The van der Waals surface area contributed by atoms with Gasteiger partial charge in [-0.05, 0) is 12.8 Å². The van der Waals surface area contributed by atoms with E-state index in [1.807, 2.05) is 0 Å². The van der Waals surface area contributed by atoms with Gasteiger partial charge in [-0.1, -0.05) is 0 Å². The second kappa shape index (κ2) is 6.73. The quantitative estimate of drug-likeness (QED) is 0.605. The molecule has 24 heavy (non-hydrogen) atoms. The number of ether oxygens (including phenoxy) is 1. The monoisotopic (exact) mass is 364 g/mol. The van der Waals surface area contributed by atoms with Gasteiger partial charge in [-0.25, -0.2) is 18.0 Å². The van der Waals surface area contributed by atoms with E-state index >= 15 is 0 Å². The number of halogens is 3. The Morgan fingerprint density at radius 1 is 1.38 bits per heavy atom. The average Bonchev–Trinajstić information content (AvgIpc) is 2.85. The molecule has 1 saturated heterocycles. The van der Waals surface area contributed by atoms with E-state index in [1.165, 1.54) is 10.8 Å². The molecule has 11 heteroatoms. The van der Waals surface area contributed by atoms with E-state index < -0.39 is 29.6 Å². The minimum absolute atomic E-state index is 0.00963. The molecule has 1 fully saturated rings. The molecule has 2 unspecified atom stereocenters. The number of hydrogen-bond donors (Lipinski definition) is 0. The molecule has 0 aliphatic carbocycles. The van der Waals surface area contributed by atoms with Gasteiger partial charge in [-0.2, -0.15) is 9.97 Å². The molecule has 2 aromatic rings. The zero-order valence-corrected chi connectivity index (χ0v) is 13.5. The van der Waals surface area contributed by atoms with E-state index in [0.29, 0.717) is 30.6 Å². The van der Waals surface area contributed by atoms with Crippen molar-refractivity contribution in [1.29, 1.82) is 0 Å². The summed E-state index contributed by atoms with van der Waals surface area (Å²) in [6.45, 7) is 0.796. The second-order valence-corrected chi connectivity index (χ2v) is 6.66. The van der Waals surface area contributed by atoms with E-state index in [9.17, 15) is 22.5 Å². The van der Waals surface area contributed by atoms with Gasteiger partial charge in [0.2, 0.25) is 6.30 Å². The number of nitrogens with zero attached hydrogens (tertiary/aromatic N) is 4. The first-order valence-corrected chi connectivity index (χ1v) is 8.80. The Bertz CT molecular complexity index is 789. The fourth-order valence-electron chi connectivity index (χ4n) is 2.77. The highest BCUT2D eigenvalue weighted by Crippen LogP contribution is 2.27. The number of imidazole rings is 1. The van der Waals surface area contributed by atoms with Crippen LogP contribution in [0.1, 0.15) is 25.2 Å². The molecule has 2 aromatic heterocycles. The molecule has 3 rings (SSSR count). The number of hydrogen-bond acceptors (Lipinski definition) is 5. The molecule has 0 bridgehead atoms. The lowest BCUT2D eigenvalue weighted by atomic mass is 10.1. The molecule has 0 aromatic carbocycles. The van der Waals surface area contributed by atoms with Crippen molar-refractivity contribution < 1.29 is 22.5 Å². The van der Waals surface area contributed by atoms with Gasteiger partial charge in [0, 0.05) is 30.4 Å². The van der Waals surface area contributed by atoms with Crippen LogP contribution in [0.4, 0.5) is 13.2 Å². The third kappa shape index (κ3) is 2.91. The summed E-state index contributed by atoms with van der Waals surface area (Å²) < 4.78 is 58.0. The first-order valence-electron chi connectivity index (χ1n) is 7.24. The van der Waals surface area contributed by atoms with Gasteiger partial charge in [0.15, 0.2) is 5.65 Å². The van der Waals surface area contributed by atoms with Gasteiger partial charge in [0.1, 0.15) is 11.8 Å².